The summed E-state index contributed by atoms with van der Waals surface area (Å²) in [7, 11) is 1.29. The first-order chi connectivity index (χ1) is 14.8. The molecule has 9 heteroatoms. The topological polar surface area (TPSA) is 99.6 Å². The molecule has 1 saturated heterocycles. The number of hydrogen-bond donors (Lipinski definition) is 1. The highest BCUT2D eigenvalue weighted by atomic mass is 79.9. The van der Waals surface area contributed by atoms with Crippen LogP contribution in [0.25, 0.3) is 0 Å². The van der Waals surface area contributed by atoms with Gasteiger partial charge in [0, 0.05) is 29.7 Å². The number of aromatic nitrogens is 2. The smallest absolute Gasteiger partial charge is 0.338 e. The molecule has 164 valence electrons. The second-order valence-corrected chi connectivity index (χ2v) is 8.28. The number of rotatable bonds is 5. The van der Waals surface area contributed by atoms with E-state index in [1.165, 1.54) is 17.7 Å². The molecule has 2 heterocycles. The van der Waals surface area contributed by atoms with E-state index in [0.29, 0.717) is 30.0 Å². The van der Waals surface area contributed by atoms with E-state index in [-0.39, 0.29) is 19.1 Å². The highest BCUT2D eigenvalue weighted by Crippen LogP contribution is 2.20. The molecule has 1 aromatic carbocycles. The summed E-state index contributed by atoms with van der Waals surface area (Å²) in [6, 6.07) is 6.44. The van der Waals surface area contributed by atoms with E-state index in [4.69, 9.17) is 10.5 Å². The number of halogens is 1. The molecular weight excluding hydrogens is 464 g/mol. The van der Waals surface area contributed by atoms with Crippen LogP contribution in [0, 0.1) is 11.8 Å². The van der Waals surface area contributed by atoms with Crippen LogP contribution in [0.1, 0.15) is 35.7 Å². The number of methoxy groups -OCH3 is 1. The number of benzene rings is 1. The molecule has 1 atom stereocenters. The second kappa shape index (κ2) is 9.98. The quantitative estimate of drug-likeness (QED) is 0.506. The molecule has 8 nitrogen and oxygen atoms in total. The van der Waals surface area contributed by atoms with Crippen molar-refractivity contribution >= 4 is 27.7 Å². The van der Waals surface area contributed by atoms with Crippen molar-refractivity contribution in [1.82, 2.24) is 9.13 Å². The van der Waals surface area contributed by atoms with Crippen molar-refractivity contribution in [3.8, 4) is 11.8 Å². The summed E-state index contributed by atoms with van der Waals surface area (Å²) in [5.74, 6) is 5.69. The molecule has 3 rings (SSSR count). The van der Waals surface area contributed by atoms with Crippen LogP contribution in [0.2, 0.25) is 0 Å². The lowest BCUT2D eigenvalue weighted by atomic mass is 10.1. The van der Waals surface area contributed by atoms with Gasteiger partial charge in [-0.15, -0.1) is 5.92 Å². The van der Waals surface area contributed by atoms with Gasteiger partial charge in [-0.25, -0.2) is 9.59 Å². The first-order valence-corrected chi connectivity index (χ1v) is 10.8. The molecule has 2 aromatic rings. The molecule has 0 radical (unpaired) electrons. The maximum Gasteiger partial charge on any atom is 0.338 e. The van der Waals surface area contributed by atoms with E-state index in [1.807, 2.05) is 4.90 Å². The number of ether oxygens (including phenoxy) is 1. The Kier molecular flexibility index (Phi) is 7.36. The van der Waals surface area contributed by atoms with Gasteiger partial charge < -0.3 is 15.4 Å². The summed E-state index contributed by atoms with van der Waals surface area (Å²) >= 11 is 3.38. The monoisotopic (exact) mass is 488 g/mol. The molecule has 0 spiro atoms. The lowest BCUT2D eigenvalue weighted by molar-refractivity contribution is 0.0599. The van der Waals surface area contributed by atoms with Crippen LogP contribution in [0.3, 0.4) is 0 Å². The zero-order valence-corrected chi connectivity index (χ0v) is 19.1. The first-order valence-electron chi connectivity index (χ1n) is 9.97. The van der Waals surface area contributed by atoms with Crippen LogP contribution >= 0.6 is 15.9 Å². The zero-order valence-electron chi connectivity index (χ0n) is 17.6. The molecule has 1 aliphatic rings. The molecule has 1 aliphatic heterocycles. The van der Waals surface area contributed by atoms with Crippen molar-refractivity contribution in [2.75, 3.05) is 25.1 Å². The Morgan fingerprint density at radius 1 is 1.29 bits per heavy atom. The number of nitrogens with zero attached hydrogens (tertiary/aromatic N) is 3. The van der Waals surface area contributed by atoms with E-state index in [2.05, 4.69) is 27.8 Å². The van der Waals surface area contributed by atoms with Gasteiger partial charge in [-0.2, -0.15) is 0 Å². The first kappa shape index (κ1) is 22.8. The minimum atomic E-state index is -0.536. The fourth-order valence-corrected chi connectivity index (χ4v) is 4.12. The number of piperidine rings is 1. The van der Waals surface area contributed by atoms with Gasteiger partial charge in [-0.3, -0.25) is 13.9 Å². The van der Waals surface area contributed by atoms with E-state index in [1.54, 1.807) is 25.1 Å². The summed E-state index contributed by atoms with van der Waals surface area (Å²) in [5.41, 5.74) is 5.97. The molecule has 0 bridgehead atoms. The van der Waals surface area contributed by atoms with Gasteiger partial charge in [0.25, 0.3) is 5.56 Å². The molecule has 0 amide bonds. The van der Waals surface area contributed by atoms with Crippen molar-refractivity contribution in [3.05, 3.63) is 60.7 Å². The van der Waals surface area contributed by atoms with E-state index >= 15 is 0 Å². The maximum atomic E-state index is 13.4. The fraction of sp³-hybridized carbons (Fsp3) is 0.409. The van der Waals surface area contributed by atoms with Crippen LogP contribution in [-0.4, -0.2) is 41.3 Å². The zero-order chi connectivity index (χ0) is 22.5. The lowest BCUT2D eigenvalue weighted by Crippen LogP contribution is -2.48. The number of carbonyl (C=O) groups excluding carboxylic acids is 1. The van der Waals surface area contributed by atoms with E-state index < -0.39 is 17.2 Å². The molecule has 31 heavy (non-hydrogen) atoms. The van der Waals surface area contributed by atoms with Crippen LogP contribution in [0.15, 0.2) is 38.3 Å². The molecule has 1 aromatic heterocycles. The standard InChI is InChI=1S/C22H25BrN4O4/c1-3-4-10-26-19(25-9-5-6-17(24)14-25)12-20(28)27(22(26)30)13-15-11-16(23)7-8-18(15)21(29)31-2/h7-8,11-12,17H,5-6,9-10,13-14,24H2,1-2H3/t17-/m1/s1. The lowest BCUT2D eigenvalue weighted by Gasteiger charge is -2.33. The van der Waals surface area contributed by atoms with Gasteiger partial charge in [0.15, 0.2) is 0 Å². The van der Waals surface area contributed by atoms with Crippen molar-refractivity contribution in [2.24, 2.45) is 5.73 Å². The van der Waals surface area contributed by atoms with E-state index in [0.717, 1.165) is 21.9 Å². The second-order valence-electron chi connectivity index (χ2n) is 7.36. The summed E-state index contributed by atoms with van der Waals surface area (Å²) in [4.78, 5) is 40.5. The third-order valence-corrected chi connectivity index (χ3v) is 5.75. The van der Waals surface area contributed by atoms with Crippen LogP contribution < -0.4 is 21.9 Å². The average Bonchev–Trinajstić information content (AvgIpc) is 2.75. The molecule has 1 fully saturated rings. The minimum Gasteiger partial charge on any atom is -0.465 e. The Bertz CT molecular complexity index is 1160. The Hall–Kier alpha value is -2.83. The van der Waals surface area contributed by atoms with Gasteiger partial charge >= 0.3 is 11.7 Å². The normalized spacial score (nSPS) is 15.9. The molecular formula is C22H25BrN4O4. The van der Waals surface area contributed by atoms with Gasteiger partial charge in [-0.1, -0.05) is 21.9 Å². The highest BCUT2D eigenvalue weighted by Gasteiger charge is 2.22. The highest BCUT2D eigenvalue weighted by molar-refractivity contribution is 9.10. The summed E-state index contributed by atoms with van der Waals surface area (Å²) in [5, 5.41) is 0. The van der Waals surface area contributed by atoms with Crippen molar-refractivity contribution < 1.29 is 9.53 Å². The molecule has 0 aliphatic carbocycles. The average molecular weight is 489 g/mol. The molecule has 0 unspecified atom stereocenters. The van der Waals surface area contributed by atoms with Crippen molar-refractivity contribution in [2.45, 2.75) is 38.9 Å². The van der Waals surface area contributed by atoms with Crippen LogP contribution in [0.5, 0.6) is 0 Å². The summed E-state index contributed by atoms with van der Waals surface area (Å²) in [6.07, 6.45) is 1.80. The van der Waals surface area contributed by atoms with Crippen LogP contribution in [-0.2, 0) is 17.8 Å². The predicted molar refractivity (Wildman–Crippen MR) is 122 cm³/mol. The van der Waals surface area contributed by atoms with Gasteiger partial charge in [0.05, 0.1) is 25.8 Å². The van der Waals surface area contributed by atoms with Crippen molar-refractivity contribution in [3.63, 3.8) is 0 Å². The Morgan fingerprint density at radius 3 is 2.74 bits per heavy atom. The third-order valence-electron chi connectivity index (χ3n) is 5.25. The summed E-state index contributed by atoms with van der Waals surface area (Å²) in [6.45, 7) is 3.07. The van der Waals surface area contributed by atoms with Gasteiger partial charge in [0.2, 0.25) is 0 Å². The van der Waals surface area contributed by atoms with Gasteiger partial charge in [-0.05, 0) is 43.5 Å². The van der Waals surface area contributed by atoms with Gasteiger partial charge in [0.1, 0.15) is 5.82 Å². The number of anilines is 1. The fourth-order valence-electron chi connectivity index (χ4n) is 3.71. The minimum absolute atomic E-state index is 0.0127. The summed E-state index contributed by atoms with van der Waals surface area (Å²) < 4.78 is 8.16. The number of esters is 1. The SMILES string of the molecule is CC#CCn1c(N2CCC[C@@H](N)C2)cc(=O)n(Cc2cc(Br)ccc2C(=O)OC)c1=O. The Morgan fingerprint density at radius 2 is 2.06 bits per heavy atom. The molecule has 0 saturated carbocycles. The van der Waals surface area contributed by atoms with Crippen LogP contribution in [0.4, 0.5) is 5.82 Å². The number of hydrogen-bond acceptors (Lipinski definition) is 6. The Labute approximate surface area is 188 Å². The molecule has 2 N–H and O–H groups in total. The third kappa shape index (κ3) is 5.09. The van der Waals surface area contributed by atoms with Crippen molar-refractivity contribution in [1.29, 1.82) is 0 Å². The Balaban J connectivity index is 2.11. The maximum absolute atomic E-state index is 13.4. The van der Waals surface area contributed by atoms with E-state index in [9.17, 15) is 14.4 Å². The largest absolute Gasteiger partial charge is 0.465 e. The predicted octanol–water partition coefficient (Wildman–Crippen LogP) is 1.56. The number of carbonyl (C=O) groups is 1. The number of nitrogens with two attached hydrogens (primary N) is 1.